The van der Waals surface area contributed by atoms with Crippen molar-refractivity contribution in [2.75, 3.05) is 4.72 Å². The lowest BCUT2D eigenvalue weighted by atomic mass is 10.2. The maximum Gasteiger partial charge on any atom is 0.339 e. The van der Waals surface area contributed by atoms with E-state index in [1.165, 1.54) is 12.3 Å². The molecule has 0 saturated carbocycles. The number of carbonyl (C=O) groups is 1. The first-order chi connectivity index (χ1) is 9.29. The second-order valence-corrected chi connectivity index (χ2v) is 6.98. The number of anilines is 1. The van der Waals surface area contributed by atoms with Crippen LogP contribution in [0.1, 0.15) is 15.4 Å². The molecule has 0 fully saturated rings. The van der Waals surface area contributed by atoms with Gasteiger partial charge in [0, 0.05) is 6.07 Å². The van der Waals surface area contributed by atoms with Gasteiger partial charge in [0.2, 0.25) is 0 Å². The fraction of sp³-hybridized carbons (Fsp3) is 0.0909. The number of carboxylic acids is 1. The Bertz CT molecular complexity index is 767. The van der Waals surface area contributed by atoms with Crippen molar-refractivity contribution in [3.63, 3.8) is 0 Å². The van der Waals surface area contributed by atoms with Crippen LogP contribution >= 0.6 is 11.3 Å². The van der Waals surface area contributed by atoms with Gasteiger partial charge in [-0.15, -0.1) is 11.3 Å². The molecule has 0 radical (unpaired) electrons. The van der Waals surface area contributed by atoms with Gasteiger partial charge in [-0.2, -0.15) is 0 Å². The number of hydrogen-bond acceptors (Lipinski definition) is 6. The molecule has 1 aromatic carbocycles. The largest absolute Gasteiger partial charge is 0.507 e. The predicted molar refractivity (Wildman–Crippen MR) is 72.7 cm³/mol. The Morgan fingerprint density at radius 3 is 2.60 bits per heavy atom. The van der Waals surface area contributed by atoms with Gasteiger partial charge in [0.25, 0.3) is 10.0 Å². The quantitative estimate of drug-likeness (QED) is 0.790. The third kappa shape index (κ3) is 2.89. The van der Waals surface area contributed by atoms with Crippen LogP contribution in [0.15, 0.2) is 28.6 Å². The molecule has 0 aliphatic carbocycles. The van der Waals surface area contributed by atoms with Gasteiger partial charge in [-0.1, -0.05) is 0 Å². The van der Waals surface area contributed by atoms with Crippen LogP contribution in [0.25, 0.3) is 0 Å². The van der Waals surface area contributed by atoms with Crippen LogP contribution in [0.2, 0.25) is 0 Å². The van der Waals surface area contributed by atoms with Crippen LogP contribution < -0.4 is 4.72 Å². The van der Waals surface area contributed by atoms with E-state index in [0.29, 0.717) is 5.01 Å². The summed E-state index contributed by atoms with van der Waals surface area (Å²) >= 11 is 1.01. The van der Waals surface area contributed by atoms with E-state index < -0.39 is 21.7 Å². The summed E-state index contributed by atoms with van der Waals surface area (Å²) in [5.41, 5.74) is -0.236. The average molecular weight is 314 g/mol. The smallest absolute Gasteiger partial charge is 0.339 e. The molecule has 0 atom stereocenters. The average Bonchev–Trinajstić information content (AvgIpc) is 2.75. The monoisotopic (exact) mass is 314 g/mol. The van der Waals surface area contributed by atoms with Crippen molar-refractivity contribution in [1.29, 1.82) is 0 Å². The van der Waals surface area contributed by atoms with Crippen LogP contribution in [-0.2, 0) is 10.0 Å². The number of carboxylic acid groups (broad SMARTS) is 1. The highest BCUT2D eigenvalue weighted by Crippen LogP contribution is 2.25. The number of aryl methyl sites for hydroxylation is 1. The molecule has 1 aromatic heterocycles. The zero-order valence-electron chi connectivity index (χ0n) is 10.2. The van der Waals surface area contributed by atoms with E-state index in [4.69, 9.17) is 5.11 Å². The van der Waals surface area contributed by atoms with Crippen molar-refractivity contribution in [2.24, 2.45) is 0 Å². The third-order valence-electron chi connectivity index (χ3n) is 2.35. The summed E-state index contributed by atoms with van der Waals surface area (Å²) in [7, 11) is -3.79. The van der Waals surface area contributed by atoms with E-state index in [1.54, 1.807) is 6.92 Å². The topological polar surface area (TPSA) is 117 Å². The lowest BCUT2D eigenvalue weighted by Crippen LogP contribution is -2.11. The van der Waals surface area contributed by atoms with Crippen LogP contribution in [0.5, 0.6) is 5.75 Å². The van der Waals surface area contributed by atoms with E-state index in [9.17, 15) is 18.3 Å². The molecule has 7 nitrogen and oxygen atoms in total. The van der Waals surface area contributed by atoms with Gasteiger partial charge < -0.3 is 10.2 Å². The number of nitrogens with one attached hydrogen (secondary N) is 1. The lowest BCUT2D eigenvalue weighted by molar-refractivity contribution is 0.0694. The number of hydrogen-bond donors (Lipinski definition) is 3. The van der Waals surface area contributed by atoms with Crippen LogP contribution in [0.3, 0.4) is 0 Å². The van der Waals surface area contributed by atoms with Crippen molar-refractivity contribution in [3.8, 4) is 5.75 Å². The zero-order valence-corrected chi connectivity index (χ0v) is 11.8. The Labute approximate surface area is 118 Å². The molecule has 3 N–H and O–H groups in total. The standard InChI is InChI=1S/C11H10N2O5S2/c1-6-12-5-10(19-6)20(17,18)13-7-2-3-8(11(15)16)9(14)4-7/h2-5,13-14H,1H3,(H,15,16). The van der Waals surface area contributed by atoms with Gasteiger partial charge in [-0.05, 0) is 19.1 Å². The summed E-state index contributed by atoms with van der Waals surface area (Å²) in [5.74, 6) is -1.81. The van der Waals surface area contributed by atoms with Crippen molar-refractivity contribution in [3.05, 3.63) is 35.0 Å². The van der Waals surface area contributed by atoms with Crippen molar-refractivity contribution < 1.29 is 23.4 Å². The number of benzene rings is 1. The third-order valence-corrected chi connectivity index (χ3v) is 5.10. The van der Waals surface area contributed by atoms with Gasteiger partial charge in [0.15, 0.2) is 4.21 Å². The van der Waals surface area contributed by atoms with Crippen LogP contribution in [0, 0.1) is 6.92 Å². The molecule has 106 valence electrons. The molecule has 0 amide bonds. The molecule has 2 rings (SSSR count). The molecule has 0 bridgehead atoms. The highest BCUT2D eigenvalue weighted by atomic mass is 32.2. The summed E-state index contributed by atoms with van der Waals surface area (Å²) < 4.78 is 26.3. The maximum absolute atomic E-state index is 12.0. The number of phenols is 1. The van der Waals surface area contributed by atoms with Gasteiger partial charge >= 0.3 is 5.97 Å². The zero-order chi connectivity index (χ0) is 14.9. The number of aromatic hydroxyl groups is 1. The van der Waals surface area contributed by atoms with Gasteiger partial charge in [-0.25, -0.2) is 18.2 Å². The minimum absolute atomic E-state index is 0.0387. The van der Waals surface area contributed by atoms with Crippen molar-refractivity contribution in [1.82, 2.24) is 4.98 Å². The number of aromatic nitrogens is 1. The molecule has 0 spiro atoms. The normalized spacial score (nSPS) is 11.2. The van der Waals surface area contributed by atoms with E-state index in [1.807, 2.05) is 0 Å². The SMILES string of the molecule is Cc1ncc(S(=O)(=O)Nc2ccc(C(=O)O)c(O)c2)s1. The highest BCUT2D eigenvalue weighted by Gasteiger charge is 2.18. The molecule has 2 aromatic rings. The number of nitrogens with zero attached hydrogens (tertiary/aromatic N) is 1. The molecule has 9 heteroatoms. The van der Waals surface area contributed by atoms with E-state index in [2.05, 4.69) is 9.71 Å². The molecule has 20 heavy (non-hydrogen) atoms. The number of sulfonamides is 1. The minimum atomic E-state index is -3.79. The van der Waals surface area contributed by atoms with Crippen LogP contribution in [-0.4, -0.2) is 29.6 Å². The number of rotatable bonds is 4. The maximum atomic E-state index is 12.0. The second-order valence-electron chi connectivity index (χ2n) is 3.84. The van der Waals surface area contributed by atoms with Crippen molar-refractivity contribution >= 4 is 33.0 Å². The first-order valence-corrected chi connectivity index (χ1v) is 7.61. The van der Waals surface area contributed by atoms with Gasteiger partial charge in [0.1, 0.15) is 11.3 Å². The van der Waals surface area contributed by atoms with E-state index >= 15 is 0 Å². The fourth-order valence-corrected chi connectivity index (χ4v) is 3.60. The first-order valence-electron chi connectivity index (χ1n) is 5.31. The number of aromatic carboxylic acids is 1. The van der Waals surface area contributed by atoms with E-state index in [-0.39, 0.29) is 15.5 Å². The molecule has 0 aliphatic heterocycles. The Morgan fingerprint density at radius 1 is 1.40 bits per heavy atom. The van der Waals surface area contributed by atoms with E-state index in [0.717, 1.165) is 23.5 Å². The molecule has 0 unspecified atom stereocenters. The first kappa shape index (κ1) is 14.3. The molecule has 1 heterocycles. The molecular weight excluding hydrogens is 304 g/mol. The Balaban J connectivity index is 2.30. The van der Waals surface area contributed by atoms with Crippen molar-refractivity contribution in [2.45, 2.75) is 11.1 Å². The Morgan fingerprint density at radius 2 is 2.10 bits per heavy atom. The van der Waals surface area contributed by atoms with Crippen LogP contribution in [0.4, 0.5) is 5.69 Å². The Hall–Kier alpha value is -2.13. The Kier molecular flexibility index (Phi) is 3.64. The summed E-state index contributed by atoms with van der Waals surface area (Å²) in [6, 6.07) is 3.41. The van der Waals surface area contributed by atoms with Gasteiger partial charge in [0.05, 0.1) is 16.9 Å². The summed E-state index contributed by atoms with van der Waals surface area (Å²) in [6.45, 7) is 1.68. The molecular formula is C11H10N2O5S2. The summed E-state index contributed by atoms with van der Waals surface area (Å²) in [4.78, 5) is 14.6. The summed E-state index contributed by atoms with van der Waals surface area (Å²) in [6.07, 6.45) is 1.23. The predicted octanol–water partition coefficient (Wildman–Crippen LogP) is 1.66. The highest BCUT2D eigenvalue weighted by molar-refractivity contribution is 7.94. The molecule has 0 aliphatic rings. The lowest BCUT2D eigenvalue weighted by Gasteiger charge is -2.07. The van der Waals surface area contributed by atoms with Gasteiger partial charge in [-0.3, -0.25) is 4.72 Å². The second kappa shape index (κ2) is 5.10. The fourth-order valence-electron chi connectivity index (χ4n) is 1.45. The molecule has 0 saturated heterocycles. The number of thiazole rings is 1. The summed E-state index contributed by atoms with van der Waals surface area (Å²) in [5, 5.41) is 18.9. The minimum Gasteiger partial charge on any atom is -0.507 e.